The Morgan fingerprint density at radius 1 is 1.24 bits per heavy atom. The molecule has 25 heavy (non-hydrogen) atoms. The number of aromatic nitrogens is 3. The summed E-state index contributed by atoms with van der Waals surface area (Å²) in [6.45, 7) is 0.335. The number of hydrogen-bond donors (Lipinski definition) is 2. The van der Waals surface area contributed by atoms with Crippen molar-refractivity contribution in [2.24, 2.45) is 5.10 Å². The van der Waals surface area contributed by atoms with Gasteiger partial charge in [0.05, 0.1) is 12.4 Å². The molecule has 0 unspecified atom stereocenters. The molecule has 7 nitrogen and oxygen atoms in total. The molecule has 0 atom stereocenters. The molecule has 0 radical (unpaired) electrons. The minimum atomic E-state index is -0.559. The second kappa shape index (κ2) is 7.82. The Morgan fingerprint density at radius 2 is 2.08 bits per heavy atom. The highest BCUT2D eigenvalue weighted by Crippen LogP contribution is 2.14. The van der Waals surface area contributed by atoms with Crippen LogP contribution in [0.5, 0.6) is 5.75 Å². The van der Waals surface area contributed by atoms with Crippen molar-refractivity contribution in [3.8, 4) is 5.75 Å². The van der Waals surface area contributed by atoms with Gasteiger partial charge in [-0.05, 0) is 35.4 Å². The van der Waals surface area contributed by atoms with E-state index in [0.717, 1.165) is 11.1 Å². The Labute approximate surface area is 142 Å². The van der Waals surface area contributed by atoms with Crippen LogP contribution in [0.25, 0.3) is 0 Å². The summed E-state index contributed by atoms with van der Waals surface area (Å²) >= 11 is 0. The van der Waals surface area contributed by atoms with Crippen LogP contribution in [0, 0.1) is 5.82 Å². The van der Waals surface area contributed by atoms with Crippen molar-refractivity contribution in [3.05, 3.63) is 82.2 Å². The Kier molecular flexibility index (Phi) is 5.10. The summed E-state index contributed by atoms with van der Waals surface area (Å²) in [5, 5.41) is 9.77. The molecule has 3 aromatic rings. The Bertz CT molecular complexity index is 925. The third kappa shape index (κ3) is 4.96. The van der Waals surface area contributed by atoms with Crippen molar-refractivity contribution in [3.63, 3.8) is 0 Å². The van der Waals surface area contributed by atoms with Gasteiger partial charge in [0.2, 0.25) is 0 Å². The lowest BCUT2D eigenvalue weighted by Crippen LogP contribution is -2.13. The third-order valence-electron chi connectivity index (χ3n) is 3.14. The van der Waals surface area contributed by atoms with Crippen molar-refractivity contribution in [1.82, 2.24) is 15.2 Å². The van der Waals surface area contributed by atoms with Gasteiger partial charge in [-0.3, -0.25) is 5.43 Å². The number of halogens is 1. The highest BCUT2D eigenvalue weighted by molar-refractivity contribution is 5.80. The van der Waals surface area contributed by atoms with Crippen LogP contribution in [0.4, 0.5) is 10.2 Å². The predicted molar refractivity (Wildman–Crippen MR) is 91.0 cm³/mol. The van der Waals surface area contributed by atoms with Gasteiger partial charge in [0.25, 0.3) is 0 Å². The minimum Gasteiger partial charge on any atom is -0.489 e. The summed E-state index contributed by atoms with van der Waals surface area (Å²) in [6, 6.07) is 13.4. The molecule has 0 saturated heterocycles. The lowest BCUT2D eigenvalue weighted by atomic mass is 10.2. The third-order valence-corrected chi connectivity index (χ3v) is 3.14. The van der Waals surface area contributed by atoms with E-state index in [2.05, 4.69) is 25.7 Å². The molecule has 2 aromatic carbocycles. The van der Waals surface area contributed by atoms with Crippen LogP contribution in [-0.4, -0.2) is 21.4 Å². The van der Waals surface area contributed by atoms with Gasteiger partial charge in [-0.2, -0.15) is 15.2 Å². The van der Waals surface area contributed by atoms with Gasteiger partial charge < -0.3 is 4.74 Å². The average molecular weight is 339 g/mol. The molecular formula is C17H14FN5O2. The molecular weight excluding hydrogens is 325 g/mol. The van der Waals surface area contributed by atoms with Gasteiger partial charge in [0, 0.05) is 0 Å². The van der Waals surface area contributed by atoms with E-state index in [4.69, 9.17) is 4.74 Å². The summed E-state index contributed by atoms with van der Waals surface area (Å²) in [7, 11) is 0. The van der Waals surface area contributed by atoms with Crippen molar-refractivity contribution in [2.45, 2.75) is 6.61 Å². The van der Waals surface area contributed by atoms with E-state index in [9.17, 15) is 9.18 Å². The molecule has 8 heteroatoms. The highest BCUT2D eigenvalue weighted by atomic mass is 19.1. The van der Waals surface area contributed by atoms with Gasteiger partial charge in [-0.25, -0.2) is 14.3 Å². The maximum Gasteiger partial charge on any atom is 0.363 e. The number of ether oxygens (including phenoxy) is 1. The predicted octanol–water partition coefficient (Wildman–Crippen LogP) is 2.33. The zero-order valence-corrected chi connectivity index (χ0v) is 13.0. The first-order valence-electron chi connectivity index (χ1n) is 7.37. The van der Waals surface area contributed by atoms with E-state index >= 15 is 0 Å². The maximum atomic E-state index is 12.9. The number of benzene rings is 2. The summed E-state index contributed by atoms with van der Waals surface area (Å²) in [5.41, 5.74) is 3.72. The van der Waals surface area contributed by atoms with Gasteiger partial charge in [-0.15, -0.1) is 0 Å². The molecule has 3 rings (SSSR count). The number of aromatic amines is 1. The van der Waals surface area contributed by atoms with Crippen molar-refractivity contribution >= 4 is 12.0 Å². The molecule has 0 saturated carbocycles. The van der Waals surface area contributed by atoms with Crippen LogP contribution in [-0.2, 0) is 6.61 Å². The topological polar surface area (TPSA) is 92.3 Å². The maximum absolute atomic E-state index is 12.9. The first-order valence-corrected chi connectivity index (χ1v) is 7.37. The second-order valence-electron chi connectivity index (χ2n) is 5.03. The summed E-state index contributed by atoms with van der Waals surface area (Å²) in [5.74, 6) is 0.618. The van der Waals surface area contributed by atoms with Crippen molar-refractivity contribution in [1.29, 1.82) is 0 Å². The zero-order chi connectivity index (χ0) is 17.5. The fraction of sp³-hybridized carbons (Fsp3) is 0.0588. The second-order valence-corrected chi connectivity index (χ2v) is 5.03. The summed E-state index contributed by atoms with van der Waals surface area (Å²) in [4.78, 5) is 14.7. The van der Waals surface area contributed by atoms with Crippen LogP contribution in [0.1, 0.15) is 11.1 Å². The Morgan fingerprint density at radius 3 is 2.88 bits per heavy atom. The molecule has 1 heterocycles. The fourth-order valence-corrected chi connectivity index (χ4v) is 1.97. The fourth-order valence-electron chi connectivity index (χ4n) is 1.97. The van der Waals surface area contributed by atoms with Crippen LogP contribution < -0.4 is 15.9 Å². The molecule has 0 aliphatic carbocycles. The van der Waals surface area contributed by atoms with Crippen molar-refractivity contribution in [2.75, 3.05) is 5.43 Å². The quantitative estimate of drug-likeness (QED) is 0.531. The van der Waals surface area contributed by atoms with E-state index in [-0.39, 0.29) is 11.6 Å². The van der Waals surface area contributed by atoms with Gasteiger partial charge >= 0.3 is 5.69 Å². The zero-order valence-electron chi connectivity index (χ0n) is 13.0. The summed E-state index contributed by atoms with van der Waals surface area (Å²) < 4.78 is 18.6. The monoisotopic (exact) mass is 339 g/mol. The van der Waals surface area contributed by atoms with E-state index in [1.165, 1.54) is 18.3 Å². The lowest BCUT2D eigenvalue weighted by molar-refractivity contribution is 0.306. The molecule has 0 aliphatic heterocycles. The van der Waals surface area contributed by atoms with E-state index in [1.807, 2.05) is 18.2 Å². The largest absolute Gasteiger partial charge is 0.489 e. The van der Waals surface area contributed by atoms with E-state index in [1.54, 1.807) is 24.4 Å². The molecule has 126 valence electrons. The molecule has 0 amide bonds. The highest BCUT2D eigenvalue weighted by Gasteiger charge is 1.98. The summed E-state index contributed by atoms with van der Waals surface area (Å²) in [6.07, 6.45) is 2.91. The number of hydrazone groups is 1. The van der Waals surface area contributed by atoms with Crippen molar-refractivity contribution < 1.29 is 9.13 Å². The molecule has 2 N–H and O–H groups in total. The molecule has 0 fully saturated rings. The molecule has 1 aromatic heterocycles. The first kappa shape index (κ1) is 16.3. The first-order chi connectivity index (χ1) is 12.2. The minimum absolute atomic E-state index is 0.240. The lowest BCUT2D eigenvalue weighted by Gasteiger charge is -2.07. The standard InChI is InChI=1S/C17H14FN5O2/c18-14-6-4-12(5-7-14)11-25-15-3-1-2-13(8-15)9-19-22-16-10-20-23-17(24)21-16/h1-10H,11H2,(H2,21,22,23,24)/b19-9+. The Hall–Kier alpha value is -3.55. The van der Waals surface area contributed by atoms with Crippen LogP contribution in [0.3, 0.4) is 0 Å². The number of H-pyrrole nitrogens is 1. The van der Waals surface area contributed by atoms with E-state index in [0.29, 0.717) is 12.4 Å². The number of anilines is 1. The van der Waals surface area contributed by atoms with Crippen LogP contribution >= 0.6 is 0 Å². The van der Waals surface area contributed by atoms with Crippen LogP contribution in [0.2, 0.25) is 0 Å². The van der Waals surface area contributed by atoms with Gasteiger partial charge in [0.1, 0.15) is 18.2 Å². The molecule has 0 bridgehead atoms. The number of nitrogens with zero attached hydrogens (tertiary/aromatic N) is 3. The smallest absolute Gasteiger partial charge is 0.363 e. The molecule has 0 aliphatic rings. The average Bonchev–Trinajstić information content (AvgIpc) is 2.62. The van der Waals surface area contributed by atoms with Gasteiger partial charge in [0.15, 0.2) is 5.82 Å². The number of hydrogen-bond acceptors (Lipinski definition) is 6. The van der Waals surface area contributed by atoms with Crippen LogP contribution in [0.15, 0.2) is 64.6 Å². The molecule has 0 spiro atoms. The van der Waals surface area contributed by atoms with Gasteiger partial charge in [-0.1, -0.05) is 24.3 Å². The number of nitrogens with one attached hydrogen (secondary N) is 2. The normalized spacial score (nSPS) is 10.8. The SMILES string of the molecule is O=c1nc(N/N=C/c2cccc(OCc3ccc(F)cc3)c2)cn[nH]1. The Balaban J connectivity index is 1.60. The number of rotatable bonds is 6. The van der Waals surface area contributed by atoms with E-state index < -0.39 is 5.69 Å².